The fraction of sp³-hybridized carbons (Fsp3) is 0.533. The van der Waals surface area contributed by atoms with Gasteiger partial charge in [-0.15, -0.1) is 4.65 Å². The Morgan fingerprint density at radius 2 is 2.05 bits per heavy atom. The topological polar surface area (TPSA) is 37.3 Å². The largest absolute Gasteiger partial charge is 0.348 e. The monoisotopic (exact) mass is 312 g/mol. The molecule has 106 valence electrons. The van der Waals surface area contributed by atoms with E-state index in [0.717, 1.165) is 24.8 Å². The van der Waals surface area contributed by atoms with Gasteiger partial charge in [0.2, 0.25) is 0 Å². The molecule has 1 aromatic carbocycles. The fourth-order valence-corrected chi connectivity index (χ4v) is 4.10. The van der Waals surface area contributed by atoms with E-state index in [0.29, 0.717) is 29.1 Å². The predicted molar refractivity (Wildman–Crippen MR) is 75.8 cm³/mol. The third-order valence-electron chi connectivity index (χ3n) is 5.13. The smallest absolute Gasteiger partial charge is 0.227 e. The second kappa shape index (κ2) is 3.98. The summed E-state index contributed by atoms with van der Waals surface area (Å²) in [5.41, 5.74) is 1.03. The van der Waals surface area contributed by atoms with Crippen LogP contribution in [0.5, 0.6) is 0 Å². The zero-order valence-electron chi connectivity index (χ0n) is 11.0. The molecule has 1 N–H and O–H groups in total. The van der Waals surface area contributed by atoms with E-state index < -0.39 is 0 Å². The number of benzene rings is 1. The van der Waals surface area contributed by atoms with Crippen LogP contribution < -0.4 is 0 Å². The molecule has 1 saturated heterocycles. The summed E-state index contributed by atoms with van der Waals surface area (Å²) in [6.45, 7) is 1.04. The van der Waals surface area contributed by atoms with Crippen LogP contribution in [0.25, 0.3) is 0 Å². The maximum absolute atomic E-state index is 12.3. The molecule has 5 heteroatoms. The minimum absolute atomic E-state index is 0.0108. The van der Waals surface area contributed by atoms with Gasteiger partial charge in [-0.25, -0.2) is 10.0 Å². The van der Waals surface area contributed by atoms with E-state index in [-0.39, 0.29) is 21.9 Å². The highest BCUT2D eigenvalue weighted by molar-refractivity contribution is 6.42. The summed E-state index contributed by atoms with van der Waals surface area (Å²) >= 11 is 12.1. The van der Waals surface area contributed by atoms with Gasteiger partial charge < -0.3 is 0 Å². The maximum atomic E-state index is 12.3. The quantitative estimate of drug-likeness (QED) is 0.671. The number of fused-ring (bicyclic) bond motifs is 1. The molecule has 1 aliphatic heterocycles. The van der Waals surface area contributed by atoms with Crippen LogP contribution in [0.1, 0.15) is 24.8 Å². The molecule has 20 heavy (non-hydrogen) atoms. The third-order valence-corrected chi connectivity index (χ3v) is 5.87. The lowest BCUT2D eigenvalue weighted by molar-refractivity contribution is -1.03. The van der Waals surface area contributed by atoms with Gasteiger partial charge in [-0.05, 0) is 37.0 Å². The molecule has 1 amide bonds. The van der Waals surface area contributed by atoms with Crippen LogP contribution in [-0.2, 0) is 10.2 Å². The van der Waals surface area contributed by atoms with Crippen LogP contribution in [0.2, 0.25) is 10.0 Å². The first-order chi connectivity index (χ1) is 9.44. The Morgan fingerprint density at radius 1 is 1.30 bits per heavy atom. The van der Waals surface area contributed by atoms with Crippen molar-refractivity contribution in [2.24, 2.45) is 11.8 Å². The summed E-state index contributed by atoms with van der Waals surface area (Å²) in [7, 11) is 0. The van der Waals surface area contributed by atoms with Crippen LogP contribution in [-0.4, -0.2) is 28.9 Å². The summed E-state index contributed by atoms with van der Waals surface area (Å²) < 4.78 is -0.379. The van der Waals surface area contributed by atoms with E-state index in [2.05, 4.69) is 0 Å². The molecule has 3 fully saturated rings. The standard InChI is InChI=1S/C15H16Cl2NO2/c16-12-4-3-10(5-13(12)17)15-6-11(15)7-18(20,8-15)14(19)9-1-2-9/h3-5,9,11,20H,1-2,6-8H2/q+1/t11-,15+,18?/m1/s1. The van der Waals surface area contributed by atoms with Crippen molar-refractivity contribution < 1.29 is 14.6 Å². The predicted octanol–water partition coefficient (Wildman–Crippen LogP) is 3.41. The van der Waals surface area contributed by atoms with Crippen molar-refractivity contribution in [3.8, 4) is 0 Å². The zero-order chi connectivity index (χ0) is 14.1. The number of halogens is 2. The number of rotatable bonds is 2. The number of carbonyl (C=O) groups is 1. The first kappa shape index (κ1) is 13.1. The molecule has 0 spiro atoms. The molecule has 1 heterocycles. The van der Waals surface area contributed by atoms with Gasteiger partial charge in [0.05, 0.1) is 21.4 Å². The average Bonchev–Trinajstić information content (AvgIpc) is 3.31. The molecule has 3 aliphatic rings. The molecule has 2 aliphatic carbocycles. The number of hydroxylamine groups is 3. The Balaban J connectivity index is 1.64. The van der Waals surface area contributed by atoms with Crippen LogP contribution in [0.15, 0.2) is 18.2 Å². The third kappa shape index (κ3) is 1.77. The number of carbonyl (C=O) groups excluding carboxylic acids is 1. The first-order valence-corrected chi connectivity index (χ1v) is 7.80. The molecular formula is C15H16Cl2NO2+. The first-order valence-electron chi connectivity index (χ1n) is 7.04. The number of amides is 1. The normalized spacial score (nSPS) is 38.6. The number of hydrogen-bond donors (Lipinski definition) is 1. The van der Waals surface area contributed by atoms with E-state index in [1.54, 1.807) is 6.07 Å². The van der Waals surface area contributed by atoms with Crippen LogP contribution in [0.4, 0.5) is 0 Å². The van der Waals surface area contributed by atoms with Crippen LogP contribution in [0.3, 0.4) is 0 Å². The van der Waals surface area contributed by atoms with Gasteiger partial charge in [0.1, 0.15) is 13.1 Å². The van der Waals surface area contributed by atoms with E-state index in [1.165, 1.54) is 0 Å². The minimum Gasteiger partial charge on any atom is -0.227 e. The van der Waals surface area contributed by atoms with Crippen molar-refractivity contribution in [1.29, 1.82) is 0 Å². The van der Waals surface area contributed by atoms with E-state index in [4.69, 9.17) is 23.2 Å². The number of quaternary nitrogens is 1. The van der Waals surface area contributed by atoms with Crippen molar-refractivity contribution in [1.82, 2.24) is 0 Å². The molecule has 1 unspecified atom stereocenters. The van der Waals surface area contributed by atoms with Gasteiger partial charge in [-0.2, -0.15) is 0 Å². The maximum Gasteiger partial charge on any atom is 0.348 e. The summed E-state index contributed by atoms with van der Waals surface area (Å²) in [6.07, 6.45) is 2.90. The van der Waals surface area contributed by atoms with Gasteiger partial charge >= 0.3 is 5.91 Å². The van der Waals surface area contributed by atoms with E-state index >= 15 is 0 Å². The van der Waals surface area contributed by atoms with Gasteiger partial charge in [0.25, 0.3) is 0 Å². The molecule has 4 rings (SSSR count). The summed E-state index contributed by atoms with van der Waals surface area (Å²) in [6, 6.07) is 5.67. The molecule has 1 aromatic rings. The van der Waals surface area contributed by atoms with Gasteiger partial charge in [-0.1, -0.05) is 29.3 Å². The lowest BCUT2D eigenvalue weighted by Crippen LogP contribution is -2.51. The lowest BCUT2D eigenvalue weighted by Gasteiger charge is -2.26. The lowest BCUT2D eigenvalue weighted by atomic mass is 9.95. The number of piperidine rings is 1. The molecule has 0 radical (unpaired) electrons. The minimum atomic E-state index is -0.379. The van der Waals surface area contributed by atoms with Crippen molar-refractivity contribution in [3.05, 3.63) is 33.8 Å². The second-order valence-corrected chi connectivity index (χ2v) is 7.38. The fourth-order valence-electron chi connectivity index (χ4n) is 3.80. The molecule has 2 saturated carbocycles. The van der Waals surface area contributed by atoms with Crippen LogP contribution in [0, 0.1) is 11.8 Å². The van der Waals surface area contributed by atoms with Gasteiger partial charge in [0.15, 0.2) is 0 Å². The molecule has 0 aromatic heterocycles. The van der Waals surface area contributed by atoms with Crippen molar-refractivity contribution in [3.63, 3.8) is 0 Å². The number of hydrogen-bond acceptors (Lipinski definition) is 2. The Hall–Kier alpha value is -0.610. The second-order valence-electron chi connectivity index (χ2n) is 6.56. The highest BCUT2D eigenvalue weighted by Crippen LogP contribution is 2.61. The Bertz CT molecular complexity index is 616. The summed E-state index contributed by atoms with van der Waals surface area (Å²) in [4.78, 5) is 12.3. The highest BCUT2D eigenvalue weighted by Gasteiger charge is 2.71. The van der Waals surface area contributed by atoms with Crippen molar-refractivity contribution >= 4 is 29.1 Å². The molecular weight excluding hydrogens is 297 g/mol. The van der Waals surface area contributed by atoms with Crippen LogP contribution >= 0.6 is 23.2 Å². The molecule has 3 nitrogen and oxygen atoms in total. The average molecular weight is 313 g/mol. The summed E-state index contributed by atoms with van der Waals surface area (Å²) in [5.74, 6) is 0.479. The Kier molecular flexibility index (Phi) is 2.60. The SMILES string of the molecule is O=C(C1CC1)[N+]1(O)C[C@H]2C[C@@]2(c2ccc(Cl)c(Cl)c2)C1. The van der Waals surface area contributed by atoms with Crippen molar-refractivity contribution in [2.75, 3.05) is 13.1 Å². The number of likely N-dealkylation sites (tertiary alicyclic amines) is 1. The van der Waals surface area contributed by atoms with Gasteiger partial charge in [-0.3, -0.25) is 0 Å². The Morgan fingerprint density at radius 3 is 2.70 bits per heavy atom. The summed E-state index contributed by atoms with van der Waals surface area (Å²) in [5, 5.41) is 11.7. The highest BCUT2D eigenvalue weighted by atomic mass is 35.5. The Labute approximate surface area is 127 Å². The van der Waals surface area contributed by atoms with Gasteiger partial charge in [0, 0.05) is 5.92 Å². The number of nitrogens with zero attached hydrogens (tertiary/aromatic N) is 1. The van der Waals surface area contributed by atoms with Crippen molar-refractivity contribution in [2.45, 2.75) is 24.7 Å². The zero-order valence-corrected chi connectivity index (χ0v) is 12.5. The molecule has 3 atom stereocenters. The van der Waals surface area contributed by atoms with E-state index in [9.17, 15) is 10.0 Å². The molecule has 0 bridgehead atoms. The van der Waals surface area contributed by atoms with E-state index in [1.807, 2.05) is 12.1 Å².